The summed E-state index contributed by atoms with van der Waals surface area (Å²) in [5.74, 6) is -17.1. The Morgan fingerprint density at radius 1 is 0.628 bits per heavy atom. The first-order valence-electron chi connectivity index (χ1n) is 38.5. The minimum Gasteiger partial charge on any atom is -0.481 e. The monoisotopic (exact) mass is 1780 g/mol. The van der Waals surface area contributed by atoms with E-state index in [2.05, 4.69) is 98.5 Å². The molecule has 44 heteroatoms. The molecule has 660 valence electrons. The molecule has 1 fully saturated rings. The number of aliphatic carboxylic acids is 3. The van der Waals surface area contributed by atoms with Gasteiger partial charge in [0.15, 0.2) is 11.7 Å². The molecule has 1 unspecified atom stereocenters. The maximum absolute atomic E-state index is 14.2. The Balaban J connectivity index is 1.02. The molecule has 0 saturated carbocycles. The second-order valence-corrected chi connectivity index (χ2v) is 34.1. The Bertz CT molecular complexity index is 4740. The average molecular weight is 1780 g/mol. The number of nitrogens with two attached hydrogens (primary N) is 1. The number of unbranched alkanes of at least 4 members (excludes halogenated alkanes) is 3. The van der Waals surface area contributed by atoms with Crippen LogP contribution >= 0.6 is 37.0 Å². The molecule has 11 amide bonds. The standard InChI is InChI=1S/C77H104N16O23S5/c1-6-92-57-28-26-45(120(111,112)113)34-47(57)76(2,3)59(92)23-12-8-13-24-60-77(4,5)48-35-46(121(114,115)116)27-29-58(48)93(60)32-17-9-14-25-61(94)80-30-16-15-21-50-69(105)88-53(37-65(99)100)72(108)91-56(42-119-43-63(96)84-50)74(110)86-49(22-18-31-81-75(78)79)67(103)82-38-62(95)85-52(36-64(97)98)71(107)90-55(41-118)73(109)87-51(33-44-19-10-7-11-20-44)70(106)89-54(40-117)68(104)83-39-66(101)102/h7-8,10-13,19-20,23-24,26-29,34-35,49-56H,6,9,14-18,21-22,25,30-33,36-43H2,1-5H3,(H21-,78,79,80,81,82,83,84,85,86,87,88,89,90,91,94,95,96,97,98,99,100,101,102,103,104,105,106,107,108,109,110,111,112,113,114,115,116,117,118)/p+1/t49-,50-,51-,52-,53-,54-,55-,56?/m0/s1. The summed E-state index contributed by atoms with van der Waals surface area (Å²) in [5.41, 5.74) is 9.23. The summed E-state index contributed by atoms with van der Waals surface area (Å²) in [6.07, 6.45) is 9.18. The number of hydrogen-bond donors (Lipinski definition) is 21. The van der Waals surface area contributed by atoms with Gasteiger partial charge in [0.25, 0.3) is 20.2 Å². The van der Waals surface area contributed by atoms with Gasteiger partial charge < -0.3 is 89.8 Å². The molecule has 0 spiro atoms. The number of nitrogens with zero attached hydrogens (tertiary/aromatic N) is 2. The molecule has 0 bridgehead atoms. The molecule has 39 nitrogen and oxygen atoms in total. The zero-order valence-corrected chi connectivity index (χ0v) is 71.3. The maximum atomic E-state index is 14.2. The average Bonchev–Trinajstić information content (AvgIpc) is 1.59. The van der Waals surface area contributed by atoms with Crippen LogP contribution in [0.2, 0.25) is 0 Å². The molecule has 3 aromatic carbocycles. The van der Waals surface area contributed by atoms with Crippen LogP contribution in [0, 0.1) is 5.41 Å². The van der Waals surface area contributed by atoms with E-state index in [9.17, 15) is 103 Å². The smallest absolute Gasteiger partial charge is 0.322 e. The topological polar surface area (TPSA) is 609 Å². The second kappa shape index (κ2) is 46.2. The van der Waals surface area contributed by atoms with Crippen molar-refractivity contribution in [3.05, 3.63) is 119 Å². The first-order valence-corrected chi connectivity index (χ1v) is 43.8. The second-order valence-electron chi connectivity index (χ2n) is 29.5. The van der Waals surface area contributed by atoms with Crippen molar-refractivity contribution in [2.45, 2.75) is 181 Å². The number of thiol groups is 2. The Labute approximate surface area is 714 Å². The number of rotatable bonds is 44. The van der Waals surface area contributed by atoms with Crippen molar-refractivity contribution in [1.29, 1.82) is 5.41 Å². The van der Waals surface area contributed by atoms with Crippen LogP contribution in [-0.2, 0) is 105 Å². The SMILES string of the molecule is CC[N+]1=C(/C=C/C=C/C=C2/N(CCCCCC(=O)NCCCC[C@@H]3NC(=O)CSCC(C(=O)N[C@@H](CCCNC(=N)N)C(=O)NCC(=O)N[C@@H](CC(=O)O)C(=O)N[C@@H](CS)C(=O)N[C@@H](Cc4ccccc4)C(=O)N[C@@H](CS)C(=O)NCC(=O)O)NC(=O)[C@H](CC(=O)O)NC3=O)c3ccc(S(=O)(=O)O)cc3C2(C)C)C(C)(C)c2cc(S(=O)(=O)O)ccc21. The molecule has 3 aliphatic rings. The number of anilines is 1. The largest absolute Gasteiger partial charge is 0.481 e. The van der Waals surface area contributed by atoms with Gasteiger partial charge in [-0.05, 0) is 113 Å². The minimum absolute atomic E-state index is 0.00156. The van der Waals surface area contributed by atoms with Crippen molar-refractivity contribution in [2.24, 2.45) is 5.73 Å². The summed E-state index contributed by atoms with van der Waals surface area (Å²) in [7, 11) is -9.00. The third-order valence-electron chi connectivity index (χ3n) is 19.7. The van der Waals surface area contributed by atoms with Gasteiger partial charge in [-0.3, -0.25) is 81.6 Å². The van der Waals surface area contributed by atoms with Crippen molar-refractivity contribution in [3.8, 4) is 0 Å². The highest BCUT2D eigenvalue weighted by Crippen LogP contribution is 2.49. The quantitative estimate of drug-likeness (QED) is 0.00644. The lowest BCUT2D eigenvalue weighted by Crippen LogP contribution is -2.60. The van der Waals surface area contributed by atoms with Crippen LogP contribution in [0.15, 0.2) is 113 Å². The number of fused-ring (bicyclic) bond motifs is 2. The number of hydrogen-bond acceptors (Lipinski definition) is 23. The van der Waals surface area contributed by atoms with Crippen molar-refractivity contribution < 1.29 is 113 Å². The third-order valence-corrected chi connectivity index (χ3v) is 23.2. The van der Waals surface area contributed by atoms with Gasteiger partial charge >= 0.3 is 17.9 Å². The summed E-state index contributed by atoms with van der Waals surface area (Å²) in [6.45, 7) is 9.17. The minimum atomic E-state index is -4.55. The molecular formula is C77H105N16O23S5+. The van der Waals surface area contributed by atoms with Crippen LogP contribution in [0.4, 0.5) is 11.4 Å². The molecule has 3 heterocycles. The molecule has 3 aliphatic heterocycles. The normalized spacial score (nSPS) is 18.1. The summed E-state index contributed by atoms with van der Waals surface area (Å²) >= 11 is 9.04. The Morgan fingerprint density at radius 3 is 1.86 bits per heavy atom. The van der Waals surface area contributed by atoms with E-state index >= 15 is 0 Å². The van der Waals surface area contributed by atoms with Crippen LogP contribution in [0.1, 0.15) is 122 Å². The summed E-state index contributed by atoms with van der Waals surface area (Å²) in [4.78, 5) is 187. The zero-order chi connectivity index (χ0) is 89.7. The van der Waals surface area contributed by atoms with E-state index < -0.39 is 200 Å². The lowest BCUT2D eigenvalue weighted by molar-refractivity contribution is -0.433. The molecule has 8 atom stereocenters. The van der Waals surface area contributed by atoms with Crippen molar-refractivity contribution in [3.63, 3.8) is 0 Å². The van der Waals surface area contributed by atoms with Crippen molar-refractivity contribution in [2.75, 3.05) is 67.2 Å². The van der Waals surface area contributed by atoms with E-state index in [0.29, 0.717) is 49.9 Å². The first-order chi connectivity index (χ1) is 57.0. The van der Waals surface area contributed by atoms with Gasteiger partial charge in [0.05, 0.1) is 40.3 Å². The van der Waals surface area contributed by atoms with Crippen molar-refractivity contribution in [1.82, 2.24) is 63.8 Å². The van der Waals surface area contributed by atoms with Gasteiger partial charge in [0, 0.05) is 84.2 Å². The summed E-state index contributed by atoms with van der Waals surface area (Å²) in [5, 5.41) is 65.0. The Kier molecular flexibility index (Phi) is 37.7. The van der Waals surface area contributed by atoms with E-state index in [1.807, 2.05) is 65.0 Å². The maximum Gasteiger partial charge on any atom is 0.322 e. The number of carboxylic acid groups (broad SMARTS) is 3. The fourth-order valence-corrected chi connectivity index (χ4v) is 15.9. The number of allylic oxidation sites excluding steroid dienone is 6. The number of amides is 11. The van der Waals surface area contributed by atoms with E-state index in [-0.39, 0.29) is 78.8 Å². The van der Waals surface area contributed by atoms with Gasteiger partial charge in [-0.1, -0.05) is 68.8 Å². The van der Waals surface area contributed by atoms with Crippen LogP contribution in [0.3, 0.4) is 0 Å². The van der Waals surface area contributed by atoms with E-state index in [4.69, 9.17) is 16.2 Å². The van der Waals surface area contributed by atoms with Gasteiger partial charge in [0.2, 0.25) is 70.7 Å². The van der Waals surface area contributed by atoms with Gasteiger partial charge in [-0.25, -0.2) is 0 Å². The molecule has 0 aliphatic carbocycles. The van der Waals surface area contributed by atoms with Gasteiger partial charge in [0.1, 0.15) is 61.4 Å². The molecule has 121 heavy (non-hydrogen) atoms. The molecule has 3 aromatic rings. The molecule has 20 N–H and O–H groups in total. The number of guanidine groups is 1. The number of carbonyl (C=O) groups excluding carboxylic acids is 11. The zero-order valence-electron chi connectivity index (χ0n) is 67.1. The fraction of sp³-hybridized carbons (Fsp3) is 0.481. The molecule has 0 radical (unpaired) electrons. The molecule has 1 saturated heterocycles. The number of carbonyl (C=O) groups is 14. The molecular weight excluding hydrogens is 1680 g/mol. The molecule has 0 aromatic heterocycles. The number of benzene rings is 3. The fourth-order valence-electron chi connectivity index (χ4n) is 13.5. The van der Waals surface area contributed by atoms with E-state index in [1.165, 1.54) is 24.3 Å². The van der Waals surface area contributed by atoms with Crippen molar-refractivity contribution >= 4 is 163 Å². The Morgan fingerprint density at radius 2 is 1.23 bits per heavy atom. The highest BCUT2D eigenvalue weighted by atomic mass is 32.2. The number of thioether (sulfide) groups is 1. The summed E-state index contributed by atoms with van der Waals surface area (Å²) in [6, 6.07) is 4.36. The van der Waals surface area contributed by atoms with Gasteiger partial charge in [-0.15, -0.1) is 11.8 Å². The number of carboxylic acids is 3. The van der Waals surface area contributed by atoms with Crippen LogP contribution in [-0.4, -0.2) is 251 Å². The highest BCUT2D eigenvalue weighted by Gasteiger charge is 2.46. The third kappa shape index (κ3) is 30.0. The predicted molar refractivity (Wildman–Crippen MR) is 451 cm³/mol. The van der Waals surface area contributed by atoms with Crippen LogP contribution < -0.4 is 74.4 Å². The van der Waals surface area contributed by atoms with E-state index in [1.54, 1.807) is 42.5 Å². The van der Waals surface area contributed by atoms with E-state index in [0.717, 1.165) is 40.1 Å². The van der Waals surface area contributed by atoms with Crippen LogP contribution in [0.5, 0.6) is 0 Å². The highest BCUT2D eigenvalue weighted by molar-refractivity contribution is 8.00. The summed E-state index contributed by atoms with van der Waals surface area (Å²) < 4.78 is 70.5. The lowest BCUT2D eigenvalue weighted by Gasteiger charge is -2.27. The Hall–Kier alpha value is -10.9. The molecule has 6 rings (SSSR count). The predicted octanol–water partition coefficient (Wildman–Crippen LogP) is -0.526. The first kappa shape index (κ1) is 98.9. The lowest BCUT2D eigenvalue weighted by atomic mass is 9.81. The van der Waals surface area contributed by atoms with Gasteiger partial charge in [-0.2, -0.15) is 46.7 Å². The van der Waals surface area contributed by atoms with Crippen LogP contribution in [0.25, 0.3) is 0 Å². The number of nitrogens with one attached hydrogen (secondary N) is 13.